The van der Waals surface area contributed by atoms with Crippen LogP contribution < -0.4 is 0 Å². The average molecular weight is 877 g/mol. The lowest BCUT2D eigenvalue weighted by molar-refractivity contribution is -0.167. The predicted octanol–water partition coefficient (Wildman–Crippen LogP) is 17.2. The smallest absolute Gasteiger partial charge is 0.306 e. The van der Waals surface area contributed by atoms with Gasteiger partial charge in [-0.25, -0.2) is 0 Å². The van der Waals surface area contributed by atoms with Crippen molar-refractivity contribution in [1.29, 1.82) is 0 Å². The summed E-state index contributed by atoms with van der Waals surface area (Å²) in [4.78, 5) is 37.8. The van der Waals surface area contributed by atoms with E-state index in [9.17, 15) is 14.4 Å². The van der Waals surface area contributed by atoms with Gasteiger partial charge in [0.15, 0.2) is 6.10 Å². The van der Waals surface area contributed by atoms with Crippen LogP contribution in [0.5, 0.6) is 0 Å². The summed E-state index contributed by atoms with van der Waals surface area (Å²) in [5.41, 5.74) is 0. The maximum Gasteiger partial charge on any atom is 0.306 e. The Morgan fingerprint density at radius 2 is 0.619 bits per heavy atom. The molecule has 0 N–H and O–H groups in total. The molecule has 0 aromatic heterocycles. The summed E-state index contributed by atoms with van der Waals surface area (Å²) >= 11 is 0. The number of carbonyl (C=O) groups is 3. The van der Waals surface area contributed by atoms with Gasteiger partial charge < -0.3 is 14.2 Å². The Hall–Kier alpha value is -3.41. The van der Waals surface area contributed by atoms with Gasteiger partial charge in [0.1, 0.15) is 13.2 Å². The molecular formula is C57H96O6. The van der Waals surface area contributed by atoms with E-state index < -0.39 is 6.10 Å². The van der Waals surface area contributed by atoms with Gasteiger partial charge in [0.25, 0.3) is 0 Å². The minimum atomic E-state index is -0.778. The molecule has 0 saturated heterocycles. The largest absolute Gasteiger partial charge is 0.462 e. The first kappa shape index (κ1) is 59.6. The van der Waals surface area contributed by atoms with E-state index in [2.05, 4.69) is 106 Å². The number of esters is 3. The molecule has 0 aliphatic heterocycles. The van der Waals surface area contributed by atoms with Gasteiger partial charge in [0, 0.05) is 19.3 Å². The van der Waals surface area contributed by atoms with Gasteiger partial charge >= 0.3 is 17.9 Å². The van der Waals surface area contributed by atoms with Gasteiger partial charge in [-0.2, -0.15) is 0 Å². The fraction of sp³-hybridized carbons (Fsp3) is 0.702. The number of hydrogen-bond donors (Lipinski definition) is 0. The molecular weight excluding hydrogens is 781 g/mol. The molecule has 0 saturated carbocycles. The summed E-state index contributed by atoms with van der Waals surface area (Å²) in [6, 6.07) is 0. The lowest BCUT2D eigenvalue weighted by Gasteiger charge is -2.18. The molecule has 0 spiro atoms. The SMILES string of the molecule is CC/C=C\C/C=C\C/C=C\C/C=C\C/C=C\C/C=C\C/C=C\CCCCCCCC(=O)OCC(COC(=O)CCCCCCCCCCC)OC(=O)CCCCCCCCCCC. The molecule has 0 rings (SSSR count). The first-order valence-corrected chi connectivity index (χ1v) is 26.1. The normalized spacial score (nSPS) is 12.7. The molecule has 0 heterocycles. The number of unbranched alkanes of at least 4 members (excludes halogenated alkanes) is 21. The Balaban J connectivity index is 4.22. The van der Waals surface area contributed by atoms with Crippen LogP contribution in [0, 0.1) is 0 Å². The minimum absolute atomic E-state index is 0.0805. The second-order valence-electron chi connectivity index (χ2n) is 17.1. The van der Waals surface area contributed by atoms with E-state index in [1.165, 1.54) is 77.0 Å². The first-order chi connectivity index (χ1) is 31.0. The van der Waals surface area contributed by atoms with Crippen molar-refractivity contribution in [3.05, 3.63) is 85.1 Å². The Bertz CT molecular complexity index is 1240. The Morgan fingerprint density at radius 1 is 0.333 bits per heavy atom. The minimum Gasteiger partial charge on any atom is -0.462 e. The fourth-order valence-corrected chi connectivity index (χ4v) is 7.01. The van der Waals surface area contributed by atoms with Crippen LogP contribution in [0.4, 0.5) is 0 Å². The highest BCUT2D eigenvalue weighted by Crippen LogP contribution is 2.14. The van der Waals surface area contributed by atoms with Crippen LogP contribution in [0.2, 0.25) is 0 Å². The third-order valence-electron chi connectivity index (χ3n) is 10.9. The summed E-state index contributed by atoms with van der Waals surface area (Å²) in [7, 11) is 0. The summed E-state index contributed by atoms with van der Waals surface area (Å²) in [5.74, 6) is -0.907. The number of allylic oxidation sites excluding steroid dienone is 14. The number of ether oxygens (including phenoxy) is 3. The highest BCUT2D eigenvalue weighted by atomic mass is 16.6. The monoisotopic (exact) mass is 877 g/mol. The van der Waals surface area contributed by atoms with E-state index in [0.717, 1.165) is 122 Å². The van der Waals surface area contributed by atoms with Crippen molar-refractivity contribution in [2.45, 2.75) is 245 Å². The first-order valence-electron chi connectivity index (χ1n) is 26.1. The predicted molar refractivity (Wildman–Crippen MR) is 270 cm³/mol. The molecule has 1 unspecified atom stereocenters. The number of hydrogen-bond acceptors (Lipinski definition) is 6. The van der Waals surface area contributed by atoms with Crippen LogP contribution in [0.25, 0.3) is 0 Å². The van der Waals surface area contributed by atoms with E-state index in [0.29, 0.717) is 19.3 Å². The quantitative estimate of drug-likeness (QED) is 0.0262. The van der Waals surface area contributed by atoms with Crippen molar-refractivity contribution < 1.29 is 28.6 Å². The van der Waals surface area contributed by atoms with Gasteiger partial charge in [0.05, 0.1) is 0 Å². The van der Waals surface area contributed by atoms with Crippen molar-refractivity contribution in [1.82, 2.24) is 0 Å². The maximum absolute atomic E-state index is 12.7. The molecule has 0 aromatic rings. The van der Waals surface area contributed by atoms with E-state index >= 15 is 0 Å². The van der Waals surface area contributed by atoms with Crippen LogP contribution in [0.1, 0.15) is 239 Å². The van der Waals surface area contributed by atoms with E-state index in [1.54, 1.807) is 0 Å². The molecule has 6 heteroatoms. The Kier molecular flexibility index (Phi) is 48.5. The summed E-state index contributed by atoms with van der Waals surface area (Å²) < 4.78 is 16.7. The highest BCUT2D eigenvalue weighted by Gasteiger charge is 2.19. The van der Waals surface area contributed by atoms with Crippen LogP contribution in [0.3, 0.4) is 0 Å². The molecule has 0 aromatic carbocycles. The maximum atomic E-state index is 12.7. The van der Waals surface area contributed by atoms with Crippen LogP contribution in [-0.4, -0.2) is 37.2 Å². The molecule has 63 heavy (non-hydrogen) atoms. The van der Waals surface area contributed by atoms with E-state index in [1.807, 2.05) is 0 Å². The second kappa shape index (κ2) is 51.2. The Labute approximate surface area is 388 Å². The van der Waals surface area contributed by atoms with Crippen molar-refractivity contribution in [3.63, 3.8) is 0 Å². The molecule has 0 radical (unpaired) electrons. The standard InChI is InChI=1S/C57H96O6/c1-4-7-10-13-16-19-20-21-22-23-24-25-26-27-28-29-30-31-32-33-34-35-36-39-41-44-47-50-56(59)62-53-54(63-57(60)51-48-45-42-38-18-15-12-9-6-3)52-61-55(58)49-46-43-40-37-17-14-11-8-5-2/h7,10,16,19,21-22,24-25,27-28,30-31,33-34,54H,4-6,8-9,11-15,17-18,20,23,26,29,32,35-53H2,1-3H3/b10-7-,19-16-,22-21-,25-24-,28-27-,31-30-,34-33-. The topological polar surface area (TPSA) is 78.9 Å². The highest BCUT2D eigenvalue weighted by molar-refractivity contribution is 5.71. The van der Waals surface area contributed by atoms with Gasteiger partial charge in [-0.15, -0.1) is 0 Å². The zero-order valence-corrected chi connectivity index (χ0v) is 41.1. The molecule has 0 bridgehead atoms. The van der Waals surface area contributed by atoms with E-state index in [4.69, 9.17) is 14.2 Å². The van der Waals surface area contributed by atoms with Crippen molar-refractivity contribution >= 4 is 17.9 Å². The van der Waals surface area contributed by atoms with Crippen LogP contribution in [-0.2, 0) is 28.6 Å². The van der Waals surface area contributed by atoms with Crippen molar-refractivity contribution in [2.75, 3.05) is 13.2 Å². The summed E-state index contributed by atoms with van der Waals surface area (Å²) in [6.45, 7) is 6.46. The van der Waals surface area contributed by atoms with Gasteiger partial charge in [0.2, 0.25) is 0 Å². The summed E-state index contributed by atoms with van der Waals surface area (Å²) in [6.07, 6.45) is 65.8. The van der Waals surface area contributed by atoms with Crippen LogP contribution in [0.15, 0.2) is 85.1 Å². The van der Waals surface area contributed by atoms with Crippen molar-refractivity contribution in [3.8, 4) is 0 Å². The molecule has 0 aliphatic carbocycles. The molecule has 6 nitrogen and oxygen atoms in total. The lowest BCUT2D eigenvalue weighted by Crippen LogP contribution is -2.30. The van der Waals surface area contributed by atoms with Gasteiger partial charge in [-0.3, -0.25) is 14.4 Å². The van der Waals surface area contributed by atoms with Gasteiger partial charge in [-0.1, -0.05) is 228 Å². The third-order valence-corrected chi connectivity index (χ3v) is 10.9. The zero-order valence-electron chi connectivity index (χ0n) is 41.1. The van der Waals surface area contributed by atoms with Crippen molar-refractivity contribution in [2.24, 2.45) is 0 Å². The number of carbonyl (C=O) groups excluding carboxylic acids is 3. The lowest BCUT2D eigenvalue weighted by atomic mass is 10.1. The summed E-state index contributed by atoms with van der Waals surface area (Å²) in [5, 5.41) is 0. The number of rotatable bonds is 46. The Morgan fingerprint density at radius 3 is 0.968 bits per heavy atom. The van der Waals surface area contributed by atoms with Crippen LogP contribution >= 0.6 is 0 Å². The van der Waals surface area contributed by atoms with E-state index in [-0.39, 0.29) is 31.1 Å². The zero-order chi connectivity index (χ0) is 45.8. The average Bonchev–Trinajstić information content (AvgIpc) is 3.28. The van der Waals surface area contributed by atoms with Gasteiger partial charge in [-0.05, 0) is 77.0 Å². The third kappa shape index (κ3) is 49.5. The fourth-order valence-electron chi connectivity index (χ4n) is 7.01. The molecule has 0 amide bonds. The molecule has 360 valence electrons. The molecule has 1 atom stereocenters. The molecule has 0 aliphatic rings. The molecule has 0 fully saturated rings. The second-order valence-corrected chi connectivity index (χ2v) is 17.1.